The molecular weight excluding hydrogens is 249 g/mol. The number of nitrogens with one attached hydrogen (secondary N) is 1. The first-order chi connectivity index (χ1) is 8.89. The summed E-state index contributed by atoms with van der Waals surface area (Å²) in [5.74, 6) is -2.18. The van der Waals surface area contributed by atoms with E-state index in [2.05, 4.69) is 5.32 Å². The molecule has 0 saturated heterocycles. The molecule has 1 aromatic rings. The minimum absolute atomic E-state index is 0.0688. The molecule has 0 atom stereocenters. The maximum Gasteiger partial charge on any atom is 0.328 e. The monoisotopic (exact) mass is 263 g/mol. The van der Waals surface area contributed by atoms with Crippen molar-refractivity contribution in [2.45, 2.75) is 25.3 Å². The summed E-state index contributed by atoms with van der Waals surface area (Å²) in [5, 5.41) is 11.3. The Hall–Kier alpha value is -2.17. The average Bonchev–Trinajstić information content (AvgIpc) is 3.05. The third kappa shape index (κ3) is 3.40. The van der Waals surface area contributed by atoms with Gasteiger partial charge in [-0.15, -0.1) is 0 Å². The number of halogens is 1. The first kappa shape index (κ1) is 13.3. The zero-order valence-electron chi connectivity index (χ0n) is 10.4. The maximum absolute atomic E-state index is 13.6. The molecule has 0 spiro atoms. The van der Waals surface area contributed by atoms with Crippen LogP contribution >= 0.6 is 0 Å². The Kier molecular flexibility index (Phi) is 3.38. The molecule has 2 rings (SSSR count). The molecule has 19 heavy (non-hydrogen) atoms. The molecule has 0 radical (unpaired) electrons. The second-order valence-corrected chi connectivity index (χ2v) is 4.93. The molecule has 0 heterocycles. The van der Waals surface area contributed by atoms with Crippen LogP contribution in [0.4, 0.5) is 4.39 Å². The first-order valence-electron chi connectivity index (χ1n) is 5.93. The predicted octanol–water partition coefficient (Wildman–Crippen LogP) is 2.21. The van der Waals surface area contributed by atoms with Crippen molar-refractivity contribution in [3.63, 3.8) is 0 Å². The maximum atomic E-state index is 13.6. The van der Waals surface area contributed by atoms with Gasteiger partial charge >= 0.3 is 5.97 Å². The second-order valence-electron chi connectivity index (χ2n) is 4.93. The number of carboxylic acids is 1. The molecular formula is C14H14FNO3. The van der Waals surface area contributed by atoms with Gasteiger partial charge in [-0.05, 0) is 43.5 Å². The van der Waals surface area contributed by atoms with Crippen molar-refractivity contribution in [2.24, 2.45) is 0 Å². The number of aliphatic carboxylic acids is 1. The van der Waals surface area contributed by atoms with Gasteiger partial charge in [0.15, 0.2) is 0 Å². The third-order valence-corrected chi connectivity index (χ3v) is 3.07. The first-order valence-corrected chi connectivity index (χ1v) is 5.93. The van der Waals surface area contributed by atoms with Crippen molar-refractivity contribution >= 4 is 18.0 Å². The number of hydrogen-bond donors (Lipinski definition) is 2. The second kappa shape index (κ2) is 4.84. The molecule has 1 fully saturated rings. The highest BCUT2D eigenvalue weighted by Crippen LogP contribution is 2.34. The van der Waals surface area contributed by atoms with E-state index in [9.17, 15) is 14.0 Å². The van der Waals surface area contributed by atoms with Crippen LogP contribution in [0.3, 0.4) is 0 Å². The Morgan fingerprint density at radius 3 is 2.68 bits per heavy atom. The zero-order chi connectivity index (χ0) is 14.0. The minimum Gasteiger partial charge on any atom is -0.478 e. The normalized spacial score (nSPS) is 16.3. The molecule has 2 N–H and O–H groups in total. The zero-order valence-corrected chi connectivity index (χ0v) is 10.4. The van der Waals surface area contributed by atoms with Crippen LogP contribution in [-0.4, -0.2) is 22.5 Å². The number of carbonyl (C=O) groups is 2. The summed E-state index contributed by atoms with van der Waals surface area (Å²) in [6.45, 7) is 1.90. The molecule has 1 aromatic carbocycles. The highest BCUT2D eigenvalue weighted by Gasteiger charge is 2.39. The Bertz CT molecular complexity index is 562. The van der Waals surface area contributed by atoms with Crippen LogP contribution in [0.2, 0.25) is 0 Å². The molecule has 0 bridgehead atoms. The van der Waals surface area contributed by atoms with Crippen molar-refractivity contribution in [1.29, 1.82) is 0 Å². The lowest BCUT2D eigenvalue weighted by Crippen LogP contribution is -2.34. The summed E-state index contributed by atoms with van der Waals surface area (Å²) in [6, 6.07) is 3.92. The van der Waals surface area contributed by atoms with Crippen molar-refractivity contribution in [2.75, 3.05) is 0 Å². The summed E-state index contributed by atoms with van der Waals surface area (Å²) in [4.78, 5) is 22.3. The van der Waals surface area contributed by atoms with Gasteiger partial charge in [-0.1, -0.05) is 6.07 Å². The van der Waals surface area contributed by atoms with Crippen LogP contribution in [0, 0.1) is 5.82 Å². The van der Waals surface area contributed by atoms with Crippen LogP contribution in [0.15, 0.2) is 24.3 Å². The van der Waals surface area contributed by atoms with Gasteiger partial charge in [0.2, 0.25) is 0 Å². The van der Waals surface area contributed by atoms with E-state index in [0.717, 1.165) is 25.0 Å². The molecule has 1 aliphatic carbocycles. The lowest BCUT2D eigenvalue weighted by Gasteiger charge is -2.12. The van der Waals surface area contributed by atoms with Gasteiger partial charge < -0.3 is 10.4 Å². The fourth-order valence-corrected chi connectivity index (χ4v) is 1.64. The number of carboxylic acid groups (broad SMARTS) is 1. The molecule has 5 heteroatoms. The van der Waals surface area contributed by atoms with Gasteiger partial charge in [-0.3, -0.25) is 4.79 Å². The van der Waals surface area contributed by atoms with Gasteiger partial charge in [-0.25, -0.2) is 9.18 Å². The SMILES string of the molecule is CC1(NC(=O)c2cc(/C=C/C(=O)O)ccc2F)CC1. The van der Waals surface area contributed by atoms with E-state index in [-0.39, 0.29) is 11.1 Å². The summed E-state index contributed by atoms with van der Waals surface area (Å²) in [5.41, 5.74) is 0.173. The van der Waals surface area contributed by atoms with E-state index in [4.69, 9.17) is 5.11 Å². The molecule has 1 aliphatic rings. The van der Waals surface area contributed by atoms with Gasteiger partial charge in [0.1, 0.15) is 5.82 Å². The van der Waals surface area contributed by atoms with E-state index >= 15 is 0 Å². The number of amides is 1. The van der Waals surface area contributed by atoms with Crippen LogP contribution in [0.25, 0.3) is 6.08 Å². The topological polar surface area (TPSA) is 66.4 Å². The van der Waals surface area contributed by atoms with Crippen molar-refractivity contribution in [3.8, 4) is 0 Å². The van der Waals surface area contributed by atoms with E-state index < -0.39 is 17.7 Å². The van der Waals surface area contributed by atoms with Gasteiger partial charge in [-0.2, -0.15) is 0 Å². The fraction of sp³-hybridized carbons (Fsp3) is 0.286. The summed E-state index contributed by atoms with van der Waals surface area (Å²) < 4.78 is 13.6. The number of carbonyl (C=O) groups excluding carboxylic acids is 1. The molecule has 0 unspecified atom stereocenters. The Morgan fingerprint density at radius 2 is 2.11 bits per heavy atom. The Morgan fingerprint density at radius 1 is 1.42 bits per heavy atom. The lowest BCUT2D eigenvalue weighted by molar-refractivity contribution is -0.131. The summed E-state index contributed by atoms with van der Waals surface area (Å²) in [6.07, 6.45) is 4.03. The van der Waals surface area contributed by atoms with E-state index in [1.54, 1.807) is 0 Å². The van der Waals surface area contributed by atoms with Gasteiger partial charge in [0.25, 0.3) is 5.91 Å². The molecule has 100 valence electrons. The molecule has 0 aromatic heterocycles. The molecule has 1 saturated carbocycles. The highest BCUT2D eigenvalue weighted by molar-refractivity contribution is 5.96. The molecule has 4 nitrogen and oxygen atoms in total. The number of rotatable bonds is 4. The summed E-state index contributed by atoms with van der Waals surface area (Å²) >= 11 is 0. The van der Waals surface area contributed by atoms with E-state index in [0.29, 0.717) is 5.56 Å². The highest BCUT2D eigenvalue weighted by atomic mass is 19.1. The Balaban J connectivity index is 2.21. The Labute approximate surface area is 109 Å². The summed E-state index contributed by atoms with van der Waals surface area (Å²) in [7, 11) is 0. The smallest absolute Gasteiger partial charge is 0.328 e. The average molecular weight is 263 g/mol. The van der Waals surface area contributed by atoms with Crippen molar-refractivity contribution in [1.82, 2.24) is 5.32 Å². The lowest BCUT2D eigenvalue weighted by atomic mass is 10.1. The largest absolute Gasteiger partial charge is 0.478 e. The van der Waals surface area contributed by atoms with Gasteiger partial charge in [0.05, 0.1) is 5.56 Å². The third-order valence-electron chi connectivity index (χ3n) is 3.07. The van der Waals surface area contributed by atoms with Crippen LogP contribution in [-0.2, 0) is 4.79 Å². The molecule has 0 aliphatic heterocycles. The predicted molar refractivity (Wildman–Crippen MR) is 68.2 cm³/mol. The van der Waals surface area contributed by atoms with Crippen LogP contribution in [0.1, 0.15) is 35.7 Å². The quantitative estimate of drug-likeness (QED) is 0.818. The van der Waals surface area contributed by atoms with Crippen molar-refractivity contribution < 1.29 is 19.1 Å². The molecule has 1 amide bonds. The van der Waals surface area contributed by atoms with E-state index in [1.807, 2.05) is 6.92 Å². The van der Waals surface area contributed by atoms with Crippen molar-refractivity contribution in [3.05, 3.63) is 41.2 Å². The standard InChI is InChI=1S/C14H14FNO3/c1-14(6-7-14)16-13(19)10-8-9(2-4-11(10)15)3-5-12(17)18/h2-5,8H,6-7H2,1H3,(H,16,19)(H,17,18)/b5-3+. The minimum atomic E-state index is -1.10. The fourth-order valence-electron chi connectivity index (χ4n) is 1.64. The van der Waals surface area contributed by atoms with Crippen LogP contribution < -0.4 is 5.32 Å². The van der Waals surface area contributed by atoms with Crippen LogP contribution in [0.5, 0.6) is 0 Å². The van der Waals surface area contributed by atoms with E-state index in [1.165, 1.54) is 18.2 Å². The number of benzene rings is 1. The van der Waals surface area contributed by atoms with Gasteiger partial charge in [0, 0.05) is 11.6 Å². The number of hydrogen-bond acceptors (Lipinski definition) is 2.